The lowest BCUT2D eigenvalue weighted by atomic mass is 10.2. The molecule has 3 rings (SSSR count). The zero-order valence-corrected chi connectivity index (χ0v) is 14.8. The number of hydrogen-bond donors (Lipinski definition) is 1. The first-order valence-corrected chi connectivity index (χ1v) is 8.17. The molecule has 0 amide bonds. The molecule has 7 heteroatoms. The third-order valence-corrected chi connectivity index (χ3v) is 4.87. The van der Waals surface area contributed by atoms with Gasteiger partial charge in [-0.2, -0.15) is 5.10 Å². The highest BCUT2D eigenvalue weighted by atomic mass is 32.1. The fourth-order valence-electron chi connectivity index (χ4n) is 2.37. The molecule has 2 aromatic heterocycles. The molecule has 0 saturated heterocycles. The zero-order chi connectivity index (χ0) is 17.1. The number of anilines is 1. The molecular weight excluding hydrogens is 324 g/mol. The summed E-state index contributed by atoms with van der Waals surface area (Å²) in [7, 11) is 3.22. The molecule has 124 valence electrons. The van der Waals surface area contributed by atoms with E-state index in [9.17, 15) is 0 Å². The Morgan fingerprint density at radius 1 is 1.12 bits per heavy atom. The number of rotatable bonds is 5. The number of benzene rings is 1. The second-order valence-corrected chi connectivity index (χ2v) is 6.37. The van der Waals surface area contributed by atoms with Crippen molar-refractivity contribution in [2.75, 3.05) is 19.6 Å². The average molecular weight is 342 g/mol. The SMILES string of the molecule is COc1ccc(C=NNc2ncnc3sc(C)c(C)c23)cc1OC. The van der Waals surface area contributed by atoms with Gasteiger partial charge in [-0.05, 0) is 43.2 Å². The van der Waals surface area contributed by atoms with E-state index in [0.29, 0.717) is 17.3 Å². The normalized spacial score (nSPS) is 11.2. The minimum absolute atomic E-state index is 0.662. The Morgan fingerprint density at radius 2 is 1.92 bits per heavy atom. The van der Waals surface area contributed by atoms with Gasteiger partial charge in [0.25, 0.3) is 0 Å². The fourth-order valence-corrected chi connectivity index (χ4v) is 3.37. The van der Waals surface area contributed by atoms with Gasteiger partial charge in [0.1, 0.15) is 11.2 Å². The number of hydrogen-bond acceptors (Lipinski definition) is 7. The van der Waals surface area contributed by atoms with E-state index in [1.54, 1.807) is 38.1 Å². The Kier molecular flexibility index (Phi) is 4.61. The van der Waals surface area contributed by atoms with Crippen LogP contribution in [0.3, 0.4) is 0 Å². The summed E-state index contributed by atoms with van der Waals surface area (Å²) in [6.45, 7) is 4.15. The number of ether oxygens (including phenoxy) is 2. The molecule has 0 aliphatic rings. The van der Waals surface area contributed by atoms with Crippen molar-refractivity contribution in [1.29, 1.82) is 0 Å². The fraction of sp³-hybridized carbons (Fsp3) is 0.235. The van der Waals surface area contributed by atoms with E-state index in [-0.39, 0.29) is 0 Å². The molecule has 0 unspecified atom stereocenters. The van der Waals surface area contributed by atoms with Crippen molar-refractivity contribution >= 4 is 33.6 Å². The number of thiophene rings is 1. The summed E-state index contributed by atoms with van der Waals surface area (Å²) in [6.07, 6.45) is 3.26. The van der Waals surface area contributed by atoms with E-state index >= 15 is 0 Å². The highest BCUT2D eigenvalue weighted by Gasteiger charge is 2.11. The molecule has 0 fully saturated rings. The van der Waals surface area contributed by atoms with Crippen molar-refractivity contribution < 1.29 is 9.47 Å². The summed E-state index contributed by atoms with van der Waals surface area (Å²) in [5, 5.41) is 5.30. The molecule has 3 aromatic rings. The van der Waals surface area contributed by atoms with E-state index in [4.69, 9.17) is 9.47 Å². The van der Waals surface area contributed by atoms with Crippen LogP contribution in [0.25, 0.3) is 10.2 Å². The first-order chi connectivity index (χ1) is 11.6. The molecule has 6 nitrogen and oxygen atoms in total. The molecule has 0 saturated carbocycles. The van der Waals surface area contributed by atoms with Crippen LogP contribution >= 0.6 is 11.3 Å². The van der Waals surface area contributed by atoms with Gasteiger partial charge in [-0.3, -0.25) is 5.43 Å². The molecule has 0 aliphatic carbocycles. The van der Waals surface area contributed by atoms with E-state index in [0.717, 1.165) is 15.8 Å². The smallest absolute Gasteiger partial charge is 0.161 e. The first kappa shape index (κ1) is 16.2. The van der Waals surface area contributed by atoms with Gasteiger partial charge in [0.15, 0.2) is 17.3 Å². The van der Waals surface area contributed by atoms with E-state index < -0.39 is 0 Å². The maximum atomic E-state index is 5.29. The Hall–Kier alpha value is -2.67. The Bertz CT molecular complexity index is 905. The molecule has 0 spiro atoms. The van der Waals surface area contributed by atoms with Gasteiger partial charge in [-0.25, -0.2) is 9.97 Å². The number of methoxy groups -OCH3 is 2. The van der Waals surface area contributed by atoms with Gasteiger partial charge in [-0.1, -0.05) is 0 Å². The van der Waals surface area contributed by atoms with E-state index in [1.807, 2.05) is 18.2 Å². The summed E-state index contributed by atoms with van der Waals surface area (Å²) in [5.74, 6) is 2.05. The number of nitrogens with one attached hydrogen (secondary N) is 1. The molecule has 0 bridgehead atoms. The van der Waals surface area contributed by atoms with Crippen LogP contribution in [0.2, 0.25) is 0 Å². The predicted molar refractivity (Wildman–Crippen MR) is 97.7 cm³/mol. The number of nitrogens with zero attached hydrogens (tertiary/aromatic N) is 3. The molecular formula is C17H18N4O2S. The molecule has 2 heterocycles. The van der Waals surface area contributed by atoms with Crippen LogP contribution in [0.15, 0.2) is 29.6 Å². The van der Waals surface area contributed by atoms with Gasteiger partial charge in [0.05, 0.1) is 25.8 Å². The average Bonchev–Trinajstić information content (AvgIpc) is 2.90. The van der Waals surface area contributed by atoms with Gasteiger partial charge in [-0.15, -0.1) is 11.3 Å². The molecule has 0 radical (unpaired) electrons. The predicted octanol–water partition coefficient (Wildman–Crippen LogP) is 3.77. The highest BCUT2D eigenvalue weighted by molar-refractivity contribution is 7.18. The van der Waals surface area contributed by atoms with E-state index in [1.165, 1.54) is 10.4 Å². The molecule has 24 heavy (non-hydrogen) atoms. The highest BCUT2D eigenvalue weighted by Crippen LogP contribution is 2.32. The topological polar surface area (TPSA) is 68.6 Å². The number of aromatic nitrogens is 2. The number of hydrazone groups is 1. The van der Waals surface area contributed by atoms with Gasteiger partial charge < -0.3 is 9.47 Å². The van der Waals surface area contributed by atoms with Crippen molar-refractivity contribution in [3.63, 3.8) is 0 Å². The second-order valence-electron chi connectivity index (χ2n) is 5.17. The Morgan fingerprint density at radius 3 is 2.67 bits per heavy atom. The van der Waals surface area contributed by atoms with Crippen LogP contribution in [0, 0.1) is 13.8 Å². The minimum atomic E-state index is 0.662. The van der Waals surface area contributed by atoms with Crippen LogP contribution in [0.4, 0.5) is 5.82 Å². The van der Waals surface area contributed by atoms with Gasteiger partial charge in [0.2, 0.25) is 0 Å². The Labute approximate surface area is 144 Å². The van der Waals surface area contributed by atoms with Gasteiger partial charge in [0, 0.05) is 4.88 Å². The van der Waals surface area contributed by atoms with E-state index in [2.05, 4.69) is 34.3 Å². The molecule has 0 atom stereocenters. The van der Waals surface area contributed by atoms with Crippen LogP contribution in [0.5, 0.6) is 11.5 Å². The third-order valence-electron chi connectivity index (χ3n) is 3.76. The van der Waals surface area contributed by atoms with Crippen LogP contribution < -0.4 is 14.9 Å². The first-order valence-electron chi connectivity index (χ1n) is 7.36. The van der Waals surface area contributed by atoms with Crippen LogP contribution in [0.1, 0.15) is 16.0 Å². The maximum absolute atomic E-state index is 5.29. The van der Waals surface area contributed by atoms with Crippen molar-refractivity contribution in [2.45, 2.75) is 13.8 Å². The lowest BCUT2D eigenvalue weighted by Gasteiger charge is -2.07. The maximum Gasteiger partial charge on any atom is 0.161 e. The molecule has 1 N–H and O–H groups in total. The summed E-state index contributed by atoms with van der Waals surface area (Å²) >= 11 is 1.66. The van der Waals surface area contributed by atoms with Crippen molar-refractivity contribution in [3.8, 4) is 11.5 Å². The quantitative estimate of drug-likeness (QED) is 0.564. The Balaban J connectivity index is 1.85. The summed E-state index contributed by atoms with van der Waals surface area (Å²) < 4.78 is 10.5. The largest absolute Gasteiger partial charge is 0.493 e. The lowest BCUT2D eigenvalue weighted by molar-refractivity contribution is 0.355. The third kappa shape index (κ3) is 3.03. The second kappa shape index (κ2) is 6.84. The summed E-state index contributed by atoms with van der Waals surface area (Å²) in [4.78, 5) is 10.8. The molecule has 0 aliphatic heterocycles. The van der Waals surface area contributed by atoms with Crippen molar-refractivity contribution in [3.05, 3.63) is 40.5 Å². The lowest BCUT2D eigenvalue weighted by Crippen LogP contribution is -1.96. The van der Waals surface area contributed by atoms with Gasteiger partial charge >= 0.3 is 0 Å². The van der Waals surface area contributed by atoms with Crippen LogP contribution in [-0.4, -0.2) is 30.4 Å². The standard InChI is InChI=1S/C17H18N4O2S/c1-10-11(2)24-17-15(10)16(18-9-19-17)21-20-8-12-5-6-13(22-3)14(7-12)23-4/h5-9H,1-4H3,(H,18,19,21). The number of fused-ring (bicyclic) bond motifs is 1. The molecule has 1 aromatic carbocycles. The van der Waals surface area contributed by atoms with Crippen molar-refractivity contribution in [1.82, 2.24) is 9.97 Å². The summed E-state index contributed by atoms with van der Waals surface area (Å²) in [6, 6.07) is 5.61. The summed E-state index contributed by atoms with van der Waals surface area (Å²) in [5.41, 5.74) is 5.08. The number of aryl methyl sites for hydroxylation is 2. The van der Waals surface area contributed by atoms with Crippen molar-refractivity contribution in [2.24, 2.45) is 5.10 Å². The monoisotopic (exact) mass is 342 g/mol. The minimum Gasteiger partial charge on any atom is -0.493 e. The zero-order valence-electron chi connectivity index (χ0n) is 14.0. The van der Waals surface area contributed by atoms with Crippen LogP contribution in [-0.2, 0) is 0 Å².